The summed E-state index contributed by atoms with van der Waals surface area (Å²) < 4.78 is 12.3. The van der Waals surface area contributed by atoms with Crippen LogP contribution >= 0.6 is 39.1 Å². The Bertz CT molecular complexity index is 1440. The van der Waals surface area contributed by atoms with Gasteiger partial charge in [0.2, 0.25) is 0 Å². The van der Waals surface area contributed by atoms with Crippen molar-refractivity contribution < 1.29 is 23.9 Å². The van der Waals surface area contributed by atoms with E-state index in [-0.39, 0.29) is 17.9 Å². The Morgan fingerprint density at radius 1 is 1.00 bits per heavy atom. The summed E-state index contributed by atoms with van der Waals surface area (Å²) in [4.78, 5) is 39.3. The van der Waals surface area contributed by atoms with Gasteiger partial charge in [-0.3, -0.25) is 14.9 Å². The zero-order valence-corrected chi connectivity index (χ0v) is 22.9. The Kier molecular flexibility index (Phi) is 8.22. The molecule has 0 aromatic heterocycles. The summed E-state index contributed by atoms with van der Waals surface area (Å²) >= 11 is 15.9. The smallest absolute Gasteiger partial charge is 0.335 e. The van der Waals surface area contributed by atoms with E-state index in [1.165, 1.54) is 12.1 Å². The third-order valence-corrected chi connectivity index (χ3v) is 6.85. The van der Waals surface area contributed by atoms with Gasteiger partial charge in [-0.25, -0.2) is 9.69 Å². The van der Waals surface area contributed by atoms with Gasteiger partial charge < -0.3 is 9.47 Å². The van der Waals surface area contributed by atoms with E-state index in [1.54, 1.807) is 37.3 Å². The number of anilines is 1. The predicted molar refractivity (Wildman–Crippen MR) is 146 cm³/mol. The van der Waals surface area contributed by atoms with Gasteiger partial charge in [-0.15, -0.1) is 0 Å². The summed E-state index contributed by atoms with van der Waals surface area (Å²) in [5, 5.41) is 3.17. The zero-order chi connectivity index (χ0) is 26.7. The lowest BCUT2D eigenvalue weighted by Gasteiger charge is -2.26. The first kappa shape index (κ1) is 26.7. The fraction of sp³-hybridized carbons (Fsp3) is 0.148. The summed E-state index contributed by atoms with van der Waals surface area (Å²) in [5.74, 6) is -0.744. The number of hydrogen-bond acceptors (Lipinski definition) is 5. The molecular weight excluding hydrogens is 583 g/mol. The highest BCUT2D eigenvalue weighted by atomic mass is 79.9. The van der Waals surface area contributed by atoms with Gasteiger partial charge in [-0.2, -0.15) is 0 Å². The summed E-state index contributed by atoms with van der Waals surface area (Å²) in [5.41, 5.74) is 2.09. The molecule has 0 unspecified atom stereocenters. The molecule has 1 saturated heterocycles. The van der Waals surface area contributed by atoms with Crippen LogP contribution in [0.2, 0.25) is 10.0 Å². The Balaban J connectivity index is 1.67. The highest BCUT2D eigenvalue weighted by Crippen LogP contribution is 2.38. The predicted octanol–water partition coefficient (Wildman–Crippen LogP) is 6.71. The molecule has 1 N–H and O–H groups in total. The van der Waals surface area contributed by atoms with Crippen LogP contribution in [-0.2, 0) is 16.2 Å². The number of benzene rings is 3. The lowest BCUT2D eigenvalue weighted by Crippen LogP contribution is -2.54. The molecule has 37 heavy (non-hydrogen) atoms. The average Bonchev–Trinajstić information content (AvgIpc) is 2.84. The van der Waals surface area contributed by atoms with Crippen LogP contribution in [0.15, 0.2) is 64.6 Å². The molecule has 10 heteroatoms. The molecule has 190 valence electrons. The van der Waals surface area contributed by atoms with E-state index in [9.17, 15) is 14.4 Å². The van der Waals surface area contributed by atoms with E-state index in [0.29, 0.717) is 38.2 Å². The van der Waals surface area contributed by atoms with Crippen molar-refractivity contribution in [1.82, 2.24) is 5.32 Å². The number of carbonyl (C=O) groups is 3. The first-order valence-corrected chi connectivity index (χ1v) is 12.7. The van der Waals surface area contributed by atoms with Crippen molar-refractivity contribution in [3.8, 4) is 11.5 Å². The van der Waals surface area contributed by atoms with Gasteiger partial charge in [0.05, 0.1) is 16.8 Å². The van der Waals surface area contributed by atoms with Crippen LogP contribution in [0.1, 0.15) is 23.6 Å². The number of barbiturate groups is 1. The molecule has 3 aromatic carbocycles. The second kappa shape index (κ2) is 11.4. The van der Waals surface area contributed by atoms with Gasteiger partial charge in [-0.1, -0.05) is 47.5 Å². The minimum Gasteiger partial charge on any atom is -0.490 e. The number of nitrogens with one attached hydrogen (secondary N) is 1. The van der Waals surface area contributed by atoms with Gasteiger partial charge in [0.1, 0.15) is 12.2 Å². The number of amides is 4. The molecule has 1 fully saturated rings. The molecule has 0 aliphatic carbocycles. The number of nitrogens with zero attached hydrogens (tertiary/aromatic N) is 1. The minimum atomic E-state index is -0.855. The van der Waals surface area contributed by atoms with Crippen LogP contribution in [0.3, 0.4) is 0 Å². The molecule has 1 heterocycles. The van der Waals surface area contributed by atoms with Gasteiger partial charge in [0.25, 0.3) is 11.8 Å². The molecule has 0 atom stereocenters. The second-order valence-electron chi connectivity index (χ2n) is 8.03. The molecule has 0 radical (unpaired) electrons. The number of imide groups is 2. The van der Waals surface area contributed by atoms with Gasteiger partial charge in [0, 0.05) is 15.6 Å². The number of halogens is 3. The van der Waals surface area contributed by atoms with Gasteiger partial charge in [0.15, 0.2) is 11.5 Å². The number of hydrogen-bond donors (Lipinski definition) is 1. The SMILES string of the molecule is CCOc1cc(/C=C2/C(=O)NC(=O)N(c3ccc(C)c(Cl)c3)C2=O)cc(Br)c1OCc1ccccc1Cl. The fourth-order valence-electron chi connectivity index (χ4n) is 3.62. The van der Waals surface area contributed by atoms with Crippen LogP contribution in [0.25, 0.3) is 6.08 Å². The lowest BCUT2D eigenvalue weighted by molar-refractivity contribution is -0.122. The van der Waals surface area contributed by atoms with Crippen LogP contribution in [0.5, 0.6) is 11.5 Å². The Morgan fingerprint density at radius 2 is 1.76 bits per heavy atom. The third-order valence-electron chi connectivity index (χ3n) is 5.49. The molecule has 0 bridgehead atoms. The van der Waals surface area contributed by atoms with E-state index in [1.807, 2.05) is 25.1 Å². The number of carbonyl (C=O) groups excluding carboxylic acids is 3. The Labute approximate surface area is 232 Å². The number of ether oxygens (including phenoxy) is 2. The third kappa shape index (κ3) is 5.82. The largest absolute Gasteiger partial charge is 0.490 e. The van der Waals surface area contributed by atoms with Crippen molar-refractivity contribution in [1.29, 1.82) is 0 Å². The molecule has 1 aliphatic heterocycles. The van der Waals surface area contributed by atoms with Crippen LogP contribution in [0, 0.1) is 6.92 Å². The highest BCUT2D eigenvalue weighted by Gasteiger charge is 2.37. The van der Waals surface area contributed by atoms with Gasteiger partial charge >= 0.3 is 6.03 Å². The quantitative estimate of drug-likeness (QED) is 0.240. The fourth-order valence-corrected chi connectivity index (χ4v) is 4.56. The Morgan fingerprint density at radius 3 is 2.46 bits per heavy atom. The maximum absolute atomic E-state index is 13.3. The maximum atomic E-state index is 13.3. The van der Waals surface area contributed by atoms with Crippen molar-refractivity contribution >= 4 is 68.7 Å². The average molecular weight is 604 g/mol. The normalized spacial score (nSPS) is 14.7. The number of urea groups is 1. The van der Waals surface area contributed by atoms with Gasteiger partial charge in [-0.05, 0) is 77.3 Å². The zero-order valence-electron chi connectivity index (χ0n) is 19.8. The topological polar surface area (TPSA) is 84.9 Å². The number of aryl methyl sites for hydroxylation is 1. The molecule has 7 nitrogen and oxygen atoms in total. The summed E-state index contributed by atoms with van der Waals surface area (Å²) in [7, 11) is 0. The second-order valence-corrected chi connectivity index (χ2v) is 9.70. The number of rotatable bonds is 7. The van der Waals surface area contributed by atoms with Crippen molar-refractivity contribution in [2.45, 2.75) is 20.5 Å². The van der Waals surface area contributed by atoms with Crippen LogP contribution in [-0.4, -0.2) is 24.5 Å². The maximum Gasteiger partial charge on any atom is 0.335 e. The van der Waals surface area contributed by atoms with Crippen LogP contribution < -0.4 is 19.7 Å². The molecule has 0 saturated carbocycles. The molecule has 4 rings (SSSR count). The first-order chi connectivity index (χ1) is 17.7. The van der Waals surface area contributed by atoms with E-state index < -0.39 is 17.8 Å². The van der Waals surface area contributed by atoms with Crippen molar-refractivity contribution in [2.75, 3.05) is 11.5 Å². The minimum absolute atomic E-state index is 0.204. The van der Waals surface area contributed by atoms with Crippen molar-refractivity contribution in [2.24, 2.45) is 0 Å². The Hall–Kier alpha value is -3.33. The van der Waals surface area contributed by atoms with E-state index in [2.05, 4.69) is 21.2 Å². The van der Waals surface area contributed by atoms with E-state index >= 15 is 0 Å². The highest BCUT2D eigenvalue weighted by molar-refractivity contribution is 9.10. The lowest BCUT2D eigenvalue weighted by atomic mass is 10.1. The summed E-state index contributed by atoms with van der Waals surface area (Å²) in [6.45, 7) is 4.18. The molecular formula is C27H21BrCl2N2O5. The summed E-state index contributed by atoms with van der Waals surface area (Å²) in [6, 6.07) is 14.6. The van der Waals surface area contributed by atoms with E-state index in [4.69, 9.17) is 32.7 Å². The van der Waals surface area contributed by atoms with E-state index in [0.717, 1.165) is 16.0 Å². The molecule has 4 amide bonds. The molecule has 0 spiro atoms. The van der Waals surface area contributed by atoms with Crippen LogP contribution in [0.4, 0.5) is 10.5 Å². The van der Waals surface area contributed by atoms with Crippen molar-refractivity contribution in [3.63, 3.8) is 0 Å². The first-order valence-electron chi connectivity index (χ1n) is 11.2. The van der Waals surface area contributed by atoms with Crippen molar-refractivity contribution in [3.05, 3.63) is 91.4 Å². The standard InChI is InChI=1S/C27H21BrCl2N2O5/c1-3-36-23-12-16(11-20(28)24(23)37-14-17-6-4-5-7-21(17)29)10-19-25(33)31-27(35)32(26(19)34)18-9-8-15(2)22(30)13-18/h4-13H,3,14H2,1-2H3,(H,31,33,35)/b19-10-. The summed E-state index contributed by atoms with van der Waals surface area (Å²) in [6.07, 6.45) is 1.39. The monoisotopic (exact) mass is 602 g/mol. The molecule has 3 aromatic rings. The molecule has 1 aliphatic rings.